The maximum atomic E-state index is 12.9. The molecule has 1 aromatic carbocycles. The van der Waals surface area contributed by atoms with Crippen LogP contribution in [0.1, 0.15) is 30.7 Å². The molecule has 158 valence electrons. The van der Waals surface area contributed by atoms with E-state index in [1.807, 2.05) is 30.1 Å². The van der Waals surface area contributed by atoms with Gasteiger partial charge >= 0.3 is 6.03 Å². The molecule has 1 saturated heterocycles. The van der Waals surface area contributed by atoms with Crippen molar-refractivity contribution in [2.24, 2.45) is 0 Å². The van der Waals surface area contributed by atoms with Crippen LogP contribution in [0.15, 0.2) is 36.5 Å². The second-order valence-electron chi connectivity index (χ2n) is 8.24. The molecule has 1 aromatic heterocycles. The molecule has 8 nitrogen and oxygen atoms in total. The van der Waals surface area contributed by atoms with Crippen LogP contribution in [0.3, 0.4) is 0 Å². The molecule has 0 radical (unpaired) electrons. The van der Waals surface area contributed by atoms with E-state index in [2.05, 4.69) is 32.5 Å². The van der Waals surface area contributed by atoms with E-state index in [4.69, 9.17) is 9.47 Å². The maximum Gasteiger partial charge on any atom is 0.317 e. The topological polar surface area (TPSA) is 79.8 Å². The molecule has 1 N–H and O–H groups in total. The standard InChI is InChI=1S/C22H27N5O3/c1-26(16-4-3-9-27(14-16)21-5-2-8-23-25-21)22(28)24-18-13-17(18)15-6-7-19-20(12-15)30-11-10-29-19/h2,5-8,12,16-18H,3-4,9-11,13-14H2,1H3,(H,24,28)/t16-,17?,18?/m1/s1. The third-order valence-electron chi connectivity index (χ3n) is 6.24. The third kappa shape index (κ3) is 3.86. The average Bonchev–Trinajstić information content (AvgIpc) is 3.58. The van der Waals surface area contributed by atoms with Gasteiger partial charge < -0.3 is 24.6 Å². The van der Waals surface area contributed by atoms with Crippen molar-refractivity contribution in [3.05, 3.63) is 42.1 Å². The summed E-state index contributed by atoms with van der Waals surface area (Å²) in [6.45, 7) is 2.90. The highest BCUT2D eigenvalue weighted by atomic mass is 16.6. The molecule has 30 heavy (non-hydrogen) atoms. The highest BCUT2D eigenvalue weighted by Crippen LogP contribution is 2.44. The number of ether oxygens (including phenoxy) is 2. The first-order chi connectivity index (χ1) is 14.7. The van der Waals surface area contributed by atoms with E-state index in [1.165, 1.54) is 5.56 Å². The zero-order chi connectivity index (χ0) is 20.5. The number of nitrogens with zero attached hydrogens (tertiary/aromatic N) is 4. The van der Waals surface area contributed by atoms with Crippen molar-refractivity contribution < 1.29 is 14.3 Å². The van der Waals surface area contributed by atoms with Gasteiger partial charge in [0.1, 0.15) is 13.2 Å². The van der Waals surface area contributed by atoms with E-state index in [9.17, 15) is 4.79 Å². The van der Waals surface area contributed by atoms with Gasteiger partial charge in [0.05, 0.1) is 6.04 Å². The van der Waals surface area contributed by atoms with Gasteiger partial charge in [-0.15, -0.1) is 5.10 Å². The van der Waals surface area contributed by atoms with Crippen LogP contribution in [-0.4, -0.2) is 66.6 Å². The number of amides is 2. The summed E-state index contributed by atoms with van der Waals surface area (Å²) in [6, 6.07) is 10.3. The second kappa shape index (κ2) is 8.01. The molecule has 2 fully saturated rings. The Morgan fingerprint density at radius 3 is 2.93 bits per heavy atom. The van der Waals surface area contributed by atoms with E-state index in [1.54, 1.807) is 6.20 Å². The fourth-order valence-corrected chi connectivity index (χ4v) is 4.38. The normalized spacial score (nSPS) is 24.8. The van der Waals surface area contributed by atoms with Crippen molar-refractivity contribution in [2.75, 3.05) is 38.3 Å². The predicted octanol–water partition coefficient (Wildman–Crippen LogP) is 2.41. The lowest BCUT2D eigenvalue weighted by molar-refractivity contribution is 0.171. The van der Waals surface area contributed by atoms with Crippen LogP contribution in [0, 0.1) is 0 Å². The molecule has 1 saturated carbocycles. The smallest absolute Gasteiger partial charge is 0.317 e. The van der Waals surface area contributed by atoms with Gasteiger partial charge in [0.2, 0.25) is 0 Å². The predicted molar refractivity (Wildman–Crippen MR) is 112 cm³/mol. The largest absolute Gasteiger partial charge is 0.486 e. The Labute approximate surface area is 176 Å². The van der Waals surface area contributed by atoms with E-state index < -0.39 is 0 Å². The minimum atomic E-state index is -0.00830. The number of rotatable bonds is 4. The van der Waals surface area contributed by atoms with Crippen molar-refractivity contribution in [3.63, 3.8) is 0 Å². The third-order valence-corrected chi connectivity index (χ3v) is 6.24. The first kappa shape index (κ1) is 19.0. The SMILES string of the molecule is CN(C(=O)NC1CC1c1ccc2c(c1)OCCO2)[C@@H]1CCCN(c2cccnn2)C1. The minimum absolute atomic E-state index is 0.00830. The van der Waals surface area contributed by atoms with Gasteiger partial charge in [-0.1, -0.05) is 6.07 Å². The van der Waals surface area contributed by atoms with E-state index in [0.29, 0.717) is 19.1 Å². The lowest BCUT2D eigenvalue weighted by Gasteiger charge is -2.38. The summed E-state index contributed by atoms with van der Waals surface area (Å²) in [6.07, 6.45) is 4.66. The second-order valence-corrected chi connectivity index (χ2v) is 8.24. The van der Waals surface area contributed by atoms with Crippen LogP contribution in [0.4, 0.5) is 10.6 Å². The Bertz CT molecular complexity index is 909. The van der Waals surface area contributed by atoms with Crippen LogP contribution >= 0.6 is 0 Å². The number of fused-ring (bicyclic) bond motifs is 1. The van der Waals surface area contributed by atoms with Crippen molar-refractivity contribution >= 4 is 11.8 Å². The Hall–Kier alpha value is -3.03. The number of aromatic nitrogens is 2. The molecule has 0 bridgehead atoms. The Morgan fingerprint density at radius 1 is 1.23 bits per heavy atom. The first-order valence-corrected chi connectivity index (χ1v) is 10.6. The lowest BCUT2D eigenvalue weighted by atomic mass is 10.0. The van der Waals surface area contributed by atoms with Gasteiger partial charge in [-0.3, -0.25) is 0 Å². The fourth-order valence-electron chi connectivity index (χ4n) is 4.38. The number of piperidine rings is 1. The Balaban J connectivity index is 1.17. The quantitative estimate of drug-likeness (QED) is 0.836. The van der Waals surface area contributed by atoms with Gasteiger partial charge in [0.25, 0.3) is 0 Å². The zero-order valence-corrected chi connectivity index (χ0v) is 17.2. The molecular formula is C22H27N5O3. The summed E-state index contributed by atoms with van der Waals surface area (Å²) < 4.78 is 11.3. The first-order valence-electron chi connectivity index (χ1n) is 10.6. The molecule has 2 aromatic rings. The summed E-state index contributed by atoms with van der Waals surface area (Å²) >= 11 is 0. The number of anilines is 1. The maximum absolute atomic E-state index is 12.9. The number of carbonyl (C=O) groups is 1. The molecule has 2 aliphatic heterocycles. The van der Waals surface area contributed by atoms with Crippen LogP contribution in [-0.2, 0) is 0 Å². The number of urea groups is 1. The van der Waals surface area contributed by atoms with Crippen LogP contribution in [0.2, 0.25) is 0 Å². The lowest BCUT2D eigenvalue weighted by Crippen LogP contribution is -2.52. The molecule has 1 aliphatic carbocycles. The summed E-state index contributed by atoms with van der Waals surface area (Å²) in [4.78, 5) is 16.9. The minimum Gasteiger partial charge on any atom is -0.486 e. The summed E-state index contributed by atoms with van der Waals surface area (Å²) in [7, 11) is 1.89. The number of nitrogens with one attached hydrogen (secondary N) is 1. The molecule has 3 atom stereocenters. The number of benzene rings is 1. The highest BCUT2D eigenvalue weighted by molar-refractivity contribution is 5.75. The Kier molecular flexibility index (Phi) is 5.06. The Morgan fingerprint density at radius 2 is 2.10 bits per heavy atom. The molecule has 0 spiro atoms. The van der Waals surface area contributed by atoms with Gasteiger partial charge in [-0.25, -0.2) is 4.79 Å². The molecule has 3 heterocycles. The van der Waals surface area contributed by atoms with Gasteiger partial charge in [0.15, 0.2) is 17.3 Å². The van der Waals surface area contributed by atoms with Gasteiger partial charge in [-0.2, -0.15) is 5.10 Å². The van der Waals surface area contributed by atoms with Crippen LogP contribution in [0.25, 0.3) is 0 Å². The zero-order valence-electron chi connectivity index (χ0n) is 17.2. The van der Waals surface area contributed by atoms with Crippen molar-refractivity contribution in [1.29, 1.82) is 0 Å². The van der Waals surface area contributed by atoms with E-state index in [-0.39, 0.29) is 18.1 Å². The van der Waals surface area contributed by atoms with Crippen molar-refractivity contribution in [1.82, 2.24) is 20.4 Å². The van der Waals surface area contributed by atoms with E-state index in [0.717, 1.165) is 49.7 Å². The van der Waals surface area contributed by atoms with Gasteiger partial charge in [0, 0.05) is 38.3 Å². The fraction of sp³-hybridized carbons (Fsp3) is 0.500. The highest BCUT2D eigenvalue weighted by Gasteiger charge is 2.41. The van der Waals surface area contributed by atoms with E-state index >= 15 is 0 Å². The molecule has 2 amide bonds. The average molecular weight is 409 g/mol. The number of carbonyl (C=O) groups excluding carboxylic acids is 1. The summed E-state index contributed by atoms with van der Waals surface area (Å²) in [5, 5.41) is 11.4. The number of likely N-dealkylation sites (N-methyl/N-ethyl adjacent to an activating group) is 1. The number of hydrogen-bond acceptors (Lipinski definition) is 6. The van der Waals surface area contributed by atoms with Crippen molar-refractivity contribution in [3.8, 4) is 11.5 Å². The molecular weight excluding hydrogens is 382 g/mol. The molecule has 5 rings (SSSR count). The molecule has 8 heteroatoms. The van der Waals surface area contributed by atoms with Gasteiger partial charge in [-0.05, 0) is 49.1 Å². The summed E-state index contributed by atoms with van der Waals surface area (Å²) in [5.74, 6) is 2.81. The van der Waals surface area contributed by atoms with Crippen molar-refractivity contribution in [2.45, 2.75) is 37.3 Å². The monoisotopic (exact) mass is 409 g/mol. The molecule has 2 unspecified atom stereocenters. The van der Waals surface area contributed by atoms with Crippen LogP contribution < -0.4 is 19.7 Å². The molecule has 3 aliphatic rings. The van der Waals surface area contributed by atoms with Crippen LogP contribution in [0.5, 0.6) is 11.5 Å². The number of hydrogen-bond donors (Lipinski definition) is 1. The summed E-state index contributed by atoms with van der Waals surface area (Å²) in [5.41, 5.74) is 1.19.